The zero-order valence-electron chi connectivity index (χ0n) is 18.3. The van der Waals surface area contributed by atoms with Crippen molar-refractivity contribution in [2.75, 3.05) is 4.90 Å². The SMILES string of the molecule is CC1(C)c2ccccc2N(c2ccc(-c3cc(C#N)c(C#N)cc3Cl)cc2)c2ccccc21. The highest BCUT2D eigenvalue weighted by atomic mass is 35.5. The van der Waals surface area contributed by atoms with Crippen LogP contribution in [0.5, 0.6) is 0 Å². The summed E-state index contributed by atoms with van der Waals surface area (Å²) in [4.78, 5) is 2.29. The first-order valence-corrected chi connectivity index (χ1v) is 11.1. The Labute approximate surface area is 198 Å². The van der Waals surface area contributed by atoms with E-state index in [2.05, 4.69) is 85.5 Å². The Morgan fingerprint density at radius 2 is 1.24 bits per heavy atom. The maximum Gasteiger partial charge on any atom is 0.101 e. The Hall–Kier alpha value is -4.05. The lowest BCUT2D eigenvalue weighted by atomic mass is 9.73. The van der Waals surface area contributed by atoms with Gasteiger partial charge in [0.1, 0.15) is 12.1 Å². The molecule has 33 heavy (non-hydrogen) atoms. The maximum absolute atomic E-state index is 9.40. The molecule has 1 aliphatic rings. The molecule has 0 atom stereocenters. The number of anilines is 3. The molecule has 4 heteroatoms. The van der Waals surface area contributed by atoms with Crippen molar-refractivity contribution in [3.8, 4) is 23.3 Å². The van der Waals surface area contributed by atoms with Crippen LogP contribution in [0.3, 0.4) is 0 Å². The van der Waals surface area contributed by atoms with Crippen LogP contribution in [0.2, 0.25) is 5.02 Å². The van der Waals surface area contributed by atoms with Gasteiger partial charge in [-0.15, -0.1) is 0 Å². The summed E-state index contributed by atoms with van der Waals surface area (Å²) in [7, 11) is 0. The number of hydrogen-bond acceptors (Lipinski definition) is 3. The number of para-hydroxylation sites is 2. The van der Waals surface area contributed by atoms with Crippen LogP contribution in [0.1, 0.15) is 36.1 Å². The Bertz CT molecular complexity index is 1420. The Morgan fingerprint density at radius 1 is 0.727 bits per heavy atom. The highest BCUT2D eigenvalue weighted by Crippen LogP contribution is 2.51. The number of rotatable bonds is 2. The topological polar surface area (TPSA) is 50.8 Å². The van der Waals surface area contributed by atoms with E-state index in [0.29, 0.717) is 10.6 Å². The minimum atomic E-state index is -0.104. The quantitative estimate of drug-likeness (QED) is 0.315. The van der Waals surface area contributed by atoms with Crippen molar-refractivity contribution in [2.45, 2.75) is 19.3 Å². The molecule has 4 aromatic carbocycles. The van der Waals surface area contributed by atoms with E-state index in [1.54, 1.807) is 12.1 Å². The van der Waals surface area contributed by atoms with Crippen molar-refractivity contribution >= 4 is 28.7 Å². The third-order valence-corrected chi connectivity index (χ3v) is 6.73. The first-order valence-electron chi connectivity index (χ1n) is 10.7. The van der Waals surface area contributed by atoms with Gasteiger partial charge in [0, 0.05) is 21.7 Å². The molecule has 5 rings (SSSR count). The zero-order chi connectivity index (χ0) is 23.2. The van der Waals surface area contributed by atoms with E-state index >= 15 is 0 Å². The van der Waals surface area contributed by atoms with Gasteiger partial charge in [-0.05, 0) is 53.1 Å². The smallest absolute Gasteiger partial charge is 0.101 e. The summed E-state index contributed by atoms with van der Waals surface area (Å²) in [5.41, 5.74) is 8.06. The van der Waals surface area contributed by atoms with E-state index in [0.717, 1.165) is 28.2 Å². The molecule has 3 nitrogen and oxygen atoms in total. The van der Waals surface area contributed by atoms with Crippen LogP contribution < -0.4 is 4.90 Å². The molecule has 0 bridgehead atoms. The van der Waals surface area contributed by atoms with Crippen LogP contribution in [0.4, 0.5) is 17.1 Å². The molecule has 0 aromatic heterocycles. The highest BCUT2D eigenvalue weighted by Gasteiger charge is 2.36. The lowest BCUT2D eigenvalue weighted by Crippen LogP contribution is -2.30. The summed E-state index contributed by atoms with van der Waals surface area (Å²) in [5.74, 6) is 0. The number of halogens is 1. The van der Waals surface area contributed by atoms with E-state index in [-0.39, 0.29) is 11.0 Å². The standard InChI is InChI=1S/C29H20ClN3/c1-29(2)24-7-3-5-9-27(24)33(28-10-6-4-8-25(28)29)22-13-11-19(12-14-22)23-15-20(17-31)21(18-32)16-26(23)30/h3-16H,1-2H3. The molecule has 0 fully saturated rings. The molecule has 0 radical (unpaired) electrons. The van der Waals surface area contributed by atoms with Crippen LogP contribution >= 0.6 is 11.6 Å². The van der Waals surface area contributed by atoms with E-state index in [9.17, 15) is 10.5 Å². The molecular weight excluding hydrogens is 426 g/mol. The second kappa shape index (κ2) is 7.82. The second-order valence-electron chi connectivity index (χ2n) is 8.64. The molecule has 0 saturated heterocycles. The Kier molecular flexibility index (Phi) is 4.94. The summed E-state index contributed by atoms with van der Waals surface area (Å²) >= 11 is 6.45. The minimum Gasteiger partial charge on any atom is -0.310 e. The summed E-state index contributed by atoms with van der Waals surface area (Å²) < 4.78 is 0. The average molecular weight is 446 g/mol. The van der Waals surface area contributed by atoms with Crippen molar-refractivity contribution in [2.24, 2.45) is 0 Å². The summed E-state index contributed by atoms with van der Waals surface area (Å²) in [6.45, 7) is 4.54. The number of benzene rings is 4. The monoisotopic (exact) mass is 445 g/mol. The van der Waals surface area contributed by atoms with Crippen molar-refractivity contribution in [1.82, 2.24) is 0 Å². The summed E-state index contributed by atoms with van der Waals surface area (Å²) in [5, 5.41) is 19.1. The molecular formula is C29H20ClN3. The highest BCUT2D eigenvalue weighted by molar-refractivity contribution is 6.33. The lowest BCUT2D eigenvalue weighted by Gasteiger charge is -2.42. The fourth-order valence-corrected chi connectivity index (χ4v) is 4.99. The van der Waals surface area contributed by atoms with Crippen molar-refractivity contribution in [3.63, 3.8) is 0 Å². The number of fused-ring (bicyclic) bond motifs is 2. The zero-order valence-corrected chi connectivity index (χ0v) is 19.1. The van der Waals surface area contributed by atoms with Crippen molar-refractivity contribution in [3.05, 3.63) is 112 Å². The molecule has 1 aliphatic heterocycles. The second-order valence-corrected chi connectivity index (χ2v) is 9.05. The van der Waals surface area contributed by atoms with Crippen LogP contribution in [-0.2, 0) is 5.41 Å². The molecule has 0 aliphatic carbocycles. The van der Waals surface area contributed by atoms with Crippen molar-refractivity contribution < 1.29 is 0 Å². The Morgan fingerprint density at radius 3 is 1.79 bits per heavy atom. The van der Waals surface area contributed by atoms with Gasteiger partial charge in [0.25, 0.3) is 0 Å². The van der Waals surface area contributed by atoms with E-state index < -0.39 is 0 Å². The largest absolute Gasteiger partial charge is 0.310 e. The van der Waals surface area contributed by atoms with Gasteiger partial charge < -0.3 is 4.90 Å². The van der Waals surface area contributed by atoms with Gasteiger partial charge in [0.15, 0.2) is 0 Å². The molecule has 0 saturated carbocycles. The minimum absolute atomic E-state index is 0.104. The molecule has 158 valence electrons. The first-order chi connectivity index (χ1) is 16.0. The molecule has 0 amide bonds. The molecule has 0 spiro atoms. The van der Waals surface area contributed by atoms with E-state index in [1.165, 1.54) is 11.1 Å². The number of nitrogens with zero attached hydrogens (tertiary/aromatic N) is 3. The van der Waals surface area contributed by atoms with Gasteiger partial charge in [-0.2, -0.15) is 10.5 Å². The predicted molar refractivity (Wildman–Crippen MR) is 133 cm³/mol. The van der Waals surface area contributed by atoms with Gasteiger partial charge >= 0.3 is 0 Å². The third-order valence-electron chi connectivity index (χ3n) is 6.42. The molecule has 1 heterocycles. The number of nitriles is 2. The maximum atomic E-state index is 9.40. The van der Waals surface area contributed by atoms with Gasteiger partial charge in [-0.1, -0.05) is 74.0 Å². The average Bonchev–Trinajstić information content (AvgIpc) is 2.84. The van der Waals surface area contributed by atoms with Crippen LogP contribution in [0.25, 0.3) is 11.1 Å². The van der Waals surface area contributed by atoms with E-state index in [1.807, 2.05) is 18.2 Å². The van der Waals surface area contributed by atoms with Gasteiger partial charge in [0.05, 0.1) is 22.5 Å². The lowest BCUT2D eigenvalue weighted by molar-refractivity contribution is 0.632. The molecule has 0 N–H and O–H groups in total. The van der Waals surface area contributed by atoms with Crippen LogP contribution in [0.15, 0.2) is 84.9 Å². The van der Waals surface area contributed by atoms with Crippen molar-refractivity contribution in [1.29, 1.82) is 10.5 Å². The fourth-order valence-electron chi connectivity index (χ4n) is 4.72. The fraction of sp³-hybridized carbons (Fsp3) is 0.103. The van der Waals surface area contributed by atoms with Gasteiger partial charge in [0.2, 0.25) is 0 Å². The summed E-state index contributed by atoms with van der Waals surface area (Å²) in [6.07, 6.45) is 0. The Balaban J connectivity index is 1.63. The third kappa shape index (κ3) is 3.26. The molecule has 0 unspecified atom stereocenters. The molecule has 4 aromatic rings. The van der Waals surface area contributed by atoms with Gasteiger partial charge in [-0.3, -0.25) is 0 Å². The van der Waals surface area contributed by atoms with Gasteiger partial charge in [-0.25, -0.2) is 0 Å². The van der Waals surface area contributed by atoms with Crippen LogP contribution in [0, 0.1) is 22.7 Å². The normalized spacial score (nSPS) is 13.4. The first kappa shape index (κ1) is 20.8. The van der Waals surface area contributed by atoms with Crippen LogP contribution in [-0.4, -0.2) is 0 Å². The predicted octanol–water partition coefficient (Wildman–Crippen LogP) is 7.86. The van der Waals surface area contributed by atoms with E-state index in [4.69, 9.17) is 11.6 Å². The number of hydrogen-bond donors (Lipinski definition) is 0. The summed E-state index contributed by atoms with van der Waals surface area (Å²) in [6, 6.07) is 32.6.